The molecule has 0 spiro atoms. The molecule has 0 aromatic heterocycles. The van der Waals surface area contributed by atoms with Crippen LogP contribution >= 0.6 is 0 Å². The topological polar surface area (TPSA) is 12.0 Å². The van der Waals surface area contributed by atoms with Gasteiger partial charge in [-0.15, -0.1) is 0 Å². The molecule has 18 heavy (non-hydrogen) atoms. The van der Waals surface area contributed by atoms with Gasteiger partial charge in [0.1, 0.15) is 11.6 Å². The van der Waals surface area contributed by atoms with Gasteiger partial charge in [0.05, 0.1) is 0 Å². The largest absolute Gasteiger partial charge is 0.317 e. The minimum Gasteiger partial charge on any atom is -0.317 e. The number of hydrogen-bond donors (Lipinski definition) is 1. The summed E-state index contributed by atoms with van der Waals surface area (Å²) in [5.41, 5.74) is 0.625. The molecule has 0 aliphatic heterocycles. The van der Waals surface area contributed by atoms with Gasteiger partial charge in [-0.05, 0) is 50.4 Å². The van der Waals surface area contributed by atoms with E-state index in [0.717, 1.165) is 32.0 Å². The summed E-state index contributed by atoms with van der Waals surface area (Å²) in [4.78, 5) is 0. The van der Waals surface area contributed by atoms with Crippen LogP contribution in [-0.2, 0) is 6.42 Å². The number of unbranched alkanes of at least 4 members (excludes halogenated alkanes) is 3. The summed E-state index contributed by atoms with van der Waals surface area (Å²) in [6.45, 7) is 4.31. The van der Waals surface area contributed by atoms with E-state index in [0.29, 0.717) is 12.0 Å². The Labute approximate surface area is 109 Å². The second-order valence-electron chi connectivity index (χ2n) is 4.65. The van der Waals surface area contributed by atoms with Crippen molar-refractivity contribution in [2.75, 3.05) is 13.1 Å². The zero-order valence-electron chi connectivity index (χ0n) is 11.1. The van der Waals surface area contributed by atoms with Gasteiger partial charge in [0.25, 0.3) is 0 Å². The summed E-state index contributed by atoms with van der Waals surface area (Å²) < 4.78 is 26.0. The molecule has 0 aliphatic carbocycles. The van der Waals surface area contributed by atoms with Gasteiger partial charge in [-0.2, -0.15) is 0 Å². The van der Waals surface area contributed by atoms with Crippen molar-refractivity contribution in [3.05, 3.63) is 35.4 Å². The molecule has 1 aromatic carbocycles. The molecule has 102 valence electrons. The maximum atomic E-state index is 13.3. The van der Waals surface area contributed by atoms with Crippen molar-refractivity contribution in [2.24, 2.45) is 0 Å². The van der Waals surface area contributed by atoms with Crippen LogP contribution in [0.4, 0.5) is 8.78 Å². The van der Waals surface area contributed by atoms with E-state index in [1.807, 2.05) is 0 Å². The molecule has 0 unspecified atom stereocenters. The first-order valence-corrected chi connectivity index (χ1v) is 6.88. The molecule has 0 heterocycles. The summed E-state index contributed by atoms with van der Waals surface area (Å²) >= 11 is 0. The van der Waals surface area contributed by atoms with E-state index in [1.54, 1.807) is 6.07 Å². The maximum Gasteiger partial charge on any atom is 0.129 e. The Hall–Kier alpha value is -0.960. The third-order valence-electron chi connectivity index (χ3n) is 2.99. The normalized spacial score (nSPS) is 10.8. The van der Waals surface area contributed by atoms with Gasteiger partial charge in [-0.3, -0.25) is 0 Å². The second-order valence-corrected chi connectivity index (χ2v) is 4.65. The van der Waals surface area contributed by atoms with Gasteiger partial charge in [0.2, 0.25) is 0 Å². The molecular weight excluding hydrogens is 232 g/mol. The van der Waals surface area contributed by atoms with Crippen molar-refractivity contribution >= 4 is 0 Å². The number of nitrogens with one attached hydrogen (secondary N) is 1. The Balaban J connectivity index is 2.07. The first kappa shape index (κ1) is 15.1. The van der Waals surface area contributed by atoms with Crippen molar-refractivity contribution in [2.45, 2.75) is 45.4 Å². The number of rotatable bonds is 9. The highest BCUT2D eigenvalue weighted by Gasteiger charge is 2.03. The van der Waals surface area contributed by atoms with Crippen LogP contribution in [-0.4, -0.2) is 13.1 Å². The Kier molecular flexibility index (Phi) is 7.58. The van der Waals surface area contributed by atoms with Gasteiger partial charge in [-0.1, -0.05) is 25.8 Å². The zero-order chi connectivity index (χ0) is 13.2. The summed E-state index contributed by atoms with van der Waals surface area (Å²) in [7, 11) is 0. The molecule has 0 aliphatic rings. The van der Waals surface area contributed by atoms with E-state index in [-0.39, 0.29) is 0 Å². The molecule has 0 radical (unpaired) electrons. The minimum atomic E-state index is -0.502. The van der Waals surface area contributed by atoms with Crippen LogP contribution in [0, 0.1) is 11.6 Å². The molecule has 0 bridgehead atoms. The van der Waals surface area contributed by atoms with Crippen molar-refractivity contribution in [1.29, 1.82) is 0 Å². The Bertz CT molecular complexity index is 339. The minimum absolute atomic E-state index is 0.417. The van der Waals surface area contributed by atoms with E-state index in [2.05, 4.69) is 12.2 Å². The van der Waals surface area contributed by atoms with Crippen LogP contribution in [0.3, 0.4) is 0 Å². The first-order chi connectivity index (χ1) is 8.74. The van der Waals surface area contributed by atoms with E-state index in [4.69, 9.17) is 0 Å². The average molecular weight is 255 g/mol. The van der Waals surface area contributed by atoms with Gasteiger partial charge in [0, 0.05) is 6.07 Å². The Morgan fingerprint density at radius 3 is 2.50 bits per heavy atom. The predicted molar refractivity (Wildman–Crippen MR) is 71.7 cm³/mol. The van der Waals surface area contributed by atoms with Crippen molar-refractivity contribution in [1.82, 2.24) is 5.32 Å². The molecule has 0 atom stereocenters. The Morgan fingerprint density at radius 2 is 1.78 bits per heavy atom. The van der Waals surface area contributed by atoms with Crippen LogP contribution in [0.25, 0.3) is 0 Å². The quantitative estimate of drug-likeness (QED) is 0.656. The molecular formula is C15H23F2N. The van der Waals surface area contributed by atoms with E-state index >= 15 is 0 Å². The van der Waals surface area contributed by atoms with Gasteiger partial charge in [0.15, 0.2) is 0 Å². The van der Waals surface area contributed by atoms with Crippen LogP contribution < -0.4 is 5.32 Å². The molecule has 1 aromatic rings. The Morgan fingerprint density at radius 1 is 1.00 bits per heavy atom. The lowest BCUT2D eigenvalue weighted by Gasteiger charge is -2.04. The second kappa shape index (κ2) is 9.03. The lowest BCUT2D eigenvalue weighted by atomic mass is 10.1. The highest BCUT2D eigenvalue weighted by Crippen LogP contribution is 2.13. The fraction of sp³-hybridized carbons (Fsp3) is 0.600. The van der Waals surface area contributed by atoms with Crippen molar-refractivity contribution < 1.29 is 8.78 Å². The SMILES string of the molecule is CCCNCCCCCCc1ccc(F)cc1F. The van der Waals surface area contributed by atoms with Crippen molar-refractivity contribution in [3.8, 4) is 0 Å². The molecule has 0 fully saturated rings. The summed E-state index contributed by atoms with van der Waals surface area (Å²) in [5.74, 6) is -0.919. The van der Waals surface area contributed by atoms with Crippen LogP contribution in [0.5, 0.6) is 0 Å². The fourth-order valence-corrected chi connectivity index (χ4v) is 1.95. The average Bonchev–Trinajstić information content (AvgIpc) is 2.35. The van der Waals surface area contributed by atoms with Crippen LogP contribution in [0.15, 0.2) is 18.2 Å². The summed E-state index contributed by atoms with van der Waals surface area (Å²) in [5, 5.41) is 3.36. The smallest absolute Gasteiger partial charge is 0.129 e. The molecule has 3 heteroatoms. The summed E-state index contributed by atoms with van der Waals surface area (Å²) in [6.07, 6.45) is 6.28. The zero-order valence-corrected chi connectivity index (χ0v) is 11.1. The highest BCUT2D eigenvalue weighted by atomic mass is 19.1. The number of hydrogen-bond acceptors (Lipinski definition) is 1. The molecule has 1 nitrogen and oxygen atoms in total. The molecule has 0 saturated heterocycles. The number of aryl methyl sites for hydroxylation is 1. The number of halogens is 2. The van der Waals surface area contributed by atoms with Crippen LogP contribution in [0.2, 0.25) is 0 Å². The third kappa shape index (κ3) is 6.10. The fourth-order valence-electron chi connectivity index (χ4n) is 1.95. The van der Waals surface area contributed by atoms with Crippen molar-refractivity contribution in [3.63, 3.8) is 0 Å². The van der Waals surface area contributed by atoms with Gasteiger partial charge < -0.3 is 5.32 Å². The number of benzene rings is 1. The standard InChI is InChI=1S/C15H23F2N/c1-2-10-18-11-6-4-3-5-7-13-8-9-14(16)12-15(13)17/h8-9,12,18H,2-7,10-11H2,1H3. The lowest BCUT2D eigenvalue weighted by Crippen LogP contribution is -2.15. The van der Waals surface area contributed by atoms with Crippen LogP contribution in [0.1, 0.15) is 44.6 Å². The monoisotopic (exact) mass is 255 g/mol. The first-order valence-electron chi connectivity index (χ1n) is 6.88. The highest BCUT2D eigenvalue weighted by molar-refractivity contribution is 5.18. The van der Waals surface area contributed by atoms with Gasteiger partial charge in [-0.25, -0.2) is 8.78 Å². The van der Waals surface area contributed by atoms with Gasteiger partial charge >= 0.3 is 0 Å². The summed E-state index contributed by atoms with van der Waals surface area (Å²) in [6, 6.07) is 3.84. The maximum absolute atomic E-state index is 13.3. The molecule has 0 saturated carbocycles. The molecule has 1 N–H and O–H groups in total. The lowest BCUT2D eigenvalue weighted by molar-refractivity contribution is 0.557. The molecule has 0 amide bonds. The third-order valence-corrected chi connectivity index (χ3v) is 2.99. The van der Waals surface area contributed by atoms with E-state index in [1.165, 1.54) is 25.3 Å². The van der Waals surface area contributed by atoms with E-state index < -0.39 is 11.6 Å². The molecule has 1 rings (SSSR count). The van der Waals surface area contributed by atoms with E-state index in [9.17, 15) is 8.78 Å². The predicted octanol–water partition coefficient (Wildman–Crippen LogP) is 4.07.